The van der Waals surface area contributed by atoms with Crippen LogP contribution >= 0.6 is 0 Å². The molecule has 0 aliphatic carbocycles. The number of hydrogen-bond donors (Lipinski definition) is 1. The van der Waals surface area contributed by atoms with Gasteiger partial charge in [0.15, 0.2) is 0 Å². The van der Waals surface area contributed by atoms with E-state index >= 15 is 0 Å². The molecule has 0 aliphatic rings. The molecule has 0 saturated heterocycles. The number of halogens is 3. The summed E-state index contributed by atoms with van der Waals surface area (Å²) >= 11 is 0. The molecule has 112 valence electrons. The summed E-state index contributed by atoms with van der Waals surface area (Å²) in [6, 6.07) is 11.4. The first-order chi connectivity index (χ1) is 9.91. The molecule has 21 heavy (non-hydrogen) atoms. The quantitative estimate of drug-likeness (QED) is 0.924. The number of nitrogens with two attached hydrogens (primary N) is 1. The zero-order valence-corrected chi connectivity index (χ0v) is 11.6. The molecule has 0 spiro atoms. The van der Waals surface area contributed by atoms with E-state index in [4.69, 9.17) is 10.5 Å². The van der Waals surface area contributed by atoms with Gasteiger partial charge in [-0.1, -0.05) is 35.9 Å². The third-order valence-corrected chi connectivity index (χ3v) is 3.05. The van der Waals surface area contributed by atoms with Gasteiger partial charge in [0.25, 0.3) is 0 Å². The predicted molar refractivity (Wildman–Crippen MR) is 76.2 cm³/mol. The molecule has 2 nitrogen and oxygen atoms in total. The molecule has 0 atom stereocenters. The van der Waals surface area contributed by atoms with E-state index in [-0.39, 0.29) is 18.9 Å². The molecule has 0 saturated carbocycles. The van der Waals surface area contributed by atoms with Crippen molar-refractivity contribution in [3.63, 3.8) is 0 Å². The Morgan fingerprint density at radius 3 is 2.19 bits per heavy atom. The average molecular weight is 295 g/mol. The third-order valence-electron chi connectivity index (χ3n) is 3.05. The lowest BCUT2D eigenvalue weighted by Gasteiger charge is -2.15. The van der Waals surface area contributed by atoms with Crippen LogP contribution < -0.4 is 10.5 Å². The summed E-state index contributed by atoms with van der Waals surface area (Å²) in [6.07, 6.45) is -4.47. The summed E-state index contributed by atoms with van der Waals surface area (Å²) in [4.78, 5) is 0. The van der Waals surface area contributed by atoms with Crippen LogP contribution in [-0.4, -0.2) is 13.2 Å². The van der Waals surface area contributed by atoms with Crippen molar-refractivity contribution >= 4 is 0 Å². The number of alkyl halides is 3. The minimum Gasteiger partial charge on any atom is -0.492 e. The van der Waals surface area contributed by atoms with Gasteiger partial charge in [0.1, 0.15) is 12.4 Å². The first kappa shape index (κ1) is 15.4. The predicted octanol–water partition coefficient (Wildman–Crippen LogP) is 4.02. The molecule has 2 aromatic rings. The number of ether oxygens (including phenoxy) is 1. The van der Waals surface area contributed by atoms with E-state index in [1.54, 1.807) is 18.2 Å². The minimum atomic E-state index is -4.47. The lowest BCUT2D eigenvalue weighted by atomic mass is 10.0. The zero-order chi connectivity index (χ0) is 15.5. The lowest BCUT2D eigenvalue weighted by molar-refractivity contribution is -0.138. The van der Waals surface area contributed by atoms with Crippen LogP contribution in [0.15, 0.2) is 42.5 Å². The van der Waals surface area contributed by atoms with Crippen LogP contribution in [0.4, 0.5) is 13.2 Å². The molecule has 0 unspecified atom stereocenters. The van der Waals surface area contributed by atoms with Crippen LogP contribution in [0.25, 0.3) is 11.1 Å². The Labute approximate surface area is 121 Å². The summed E-state index contributed by atoms with van der Waals surface area (Å²) in [5.41, 5.74) is 6.77. The fourth-order valence-corrected chi connectivity index (χ4v) is 1.97. The van der Waals surface area contributed by atoms with Crippen LogP contribution in [-0.2, 0) is 6.18 Å². The Hall–Kier alpha value is -2.01. The second-order valence-electron chi connectivity index (χ2n) is 4.71. The molecule has 0 fully saturated rings. The third kappa shape index (κ3) is 3.76. The van der Waals surface area contributed by atoms with Gasteiger partial charge in [0, 0.05) is 6.54 Å². The van der Waals surface area contributed by atoms with Gasteiger partial charge in [-0.25, -0.2) is 0 Å². The van der Waals surface area contributed by atoms with Gasteiger partial charge in [-0.05, 0) is 30.2 Å². The van der Waals surface area contributed by atoms with Crippen LogP contribution in [0.2, 0.25) is 0 Å². The Bertz CT molecular complexity index is 606. The van der Waals surface area contributed by atoms with Crippen LogP contribution in [0, 0.1) is 6.92 Å². The Morgan fingerprint density at radius 1 is 1.00 bits per heavy atom. The number of hydrogen-bond acceptors (Lipinski definition) is 2. The van der Waals surface area contributed by atoms with Gasteiger partial charge in [-0.2, -0.15) is 13.2 Å². The molecule has 2 rings (SSSR count). The standard InChI is InChI=1S/C16H16F3NO/c1-11-2-4-12(5-3-11)13-6-7-15(21-9-8-20)14(10-13)16(17,18)19/h2-7,10H,8-9,20H2,1H3. The second kappa shape index (κ2) is 6.18. The van der Waals surface area contributed by atoms with Crippen LogP contribution in [0.5, 0.6) is 5.75 Å². The summed E-state index contributed by atoms with van der Waals surface area (Å²) in [7, 11) is 0. The molecular formula is C16H16F3NO. The molecule has 0 aliphatic heterocycles. The van der Waals surface area contributed by atoms with Crippen molar-refractivity contribution in [3.05, 3.63) is 53.6 Å². The fraction of sp³-hybridized carbons (Fsp3) is 0.250. The summed E-state index contributed by atoms with van der Waals surface area (Å²) in [5, 5.41) is 0. The first-order valence-electron chi connectivity index (χ1n) is 6.53. The number of aryl methyl sites for hydroxylation is 1. The van der Waals surface area contributed by atoms with Crippen molar-refractivity contribution in [2.24, 2.45) is 5.73 Å². The molecule has 0 amide bonds. The monoisotopic (exact) mass is 295 g/mol. The van der Waals surface area contributed by atoms with Gasteiger partial charge >= 0.3 is 6.18 Å². The normalized spacial score (nSPS) is 11.5. The molecule has 0 radical (unpaired) electrons. The highest BCUT2D eigenvalue weighted by molar-refractivity contribution is 5.66. The van der Waals surface area contributed by atoms with Gasteiger partial charge in [-0.15, -0.1) is 0 Å². The van der Waals surface area contributed by atoms with Crippen molar-refractivity contribution in [1.82, 2.24) is 0 Å². The van der Waals surface area contributed by atoms with E-state index in [0.29, 0.717) is 5.56 Å². The number of rotatable bonds is 4. The fourth-order valence-electron chi connectivity index (χ4n) is 1.97. The largest absolute Gasteiger partial charge is 0.492 e. The Balaban J connectivity index is 2.43. The van der Waals surface area contributed by atoms with Crippen LogP contribution in [0.1, 0.15) is 11.1 Å². The summed E-state index contributed by atoms with van der Waals surface area (Å²) < 4.78 is 44.5. The number of benzene rings is 2. The molecule has 2 N–H and O–H groups in total. The topological polar surface area (TPSA) is 35.2 Å². The van der Waals surface area contributed by atoms with E-state index < -0.39 is 11.7 Å². The maximum Gasteiger partial charge on any atom is 0.419 e. The summed E-state index contributed by atoms with van der Waals surface area (Å²) in [5.74, 6) is -0.191. The van der Waals surface area contributed by atoms with Crippen molar-refractivity contribution < 1.29 is 17.9 Å². The molecular weight excluding hydrogens is 279 g/mol. The maximum absolute atomic E-state index is 13.1. The lowest BCUT2D eigenvalue weighted by Crippen LogP contribution is -2.14. The van der Waals surface area contributed by atoms with Crippen molar-refractivity contribution in [2.45, 2.75) is 13.1 Å². The molecule has 0 bridgehead atoms. The van der Waals surface area contributed by atoms with Crippen LogP contribution in [0.3, 0.4) is 0 Å². The smallest absolute Gasteiger partial charge is 0.419 e. The van der Waals surface area contributed by atoms with Gasteiger partial charge < -0.3 is 10.5 Å². The highest BCUT2D eigenvalue weighted by Crippen LogP contribution is 2.38. The molecule has 0 heterocycles. The van der Waals surface area contributed by atoms with E-state index in [1.807, 2.05) is 19.1 Å². The summed E-state index contributed by atoms with van der Waals surface area (Å²) in [6.45, 7) is 2.14. The first-order valence-corrected chi connectivity index (χ1v) is 6.53. The van der Waals surface area contributed by atoms with Gasteiger partial charge in [-0.3, -0.25) is 0 Å². The van der Waals surface area contributed by atoms with E-state index in [9.17, 15) is 13.2 Å². The highest BCUT2D eigenvalue weighted by atomic mass is 19.4. The highest BCUT2D eigenvalue weighted by Gasteiger charge is 2.34. The van der Waals surface area contributed by atoms with Crippen molar-refractivity contribution in [1.29, 1.82) is 0 Å². The van der Waals surface area contributed by atoms with E-state index in [1.165, 1.54) is 6.07 Å². The molecule has 2 aromatic carbocycles. The second-order valence-corrected chi connectivity index (χ2v) is 4.71. The Morgan fingerprint density at radius 2 is 1.62 bits per heavy atom. The SMILES string of the molecule is Cc1ccc(-c2ccc(OCCN)c(C(F)(F)F)c2)cc1. The van der Waals surface area contributed by atoms with Crippen molar-refractivity contribution in [3.8, 4) is 16.9 Å². The molecule has 5 heteroatoms. The van der Waals surface area contributed by atoms with Gasteiger partial charge in [0.2, 0.25) is 0 Å². The van der Waals surface area contributed by atoms with Gasteiger partial charge in [0.05, 0.1) is 5.56 Å². The van der Waals surface area contributed by atoms with E-state index in [0.717, 1.165) is 17.2 Å². The minimum absolute atomic E-state index is 0.0486. The maximum atomic E-state index is 13.1. The van der Waals surface area contributed by atoms with E-state index in [2.05, 4.69) is 0 Å². The van der Waals surface area contributed by atoms with Crippen molar-refractivity contribution in [2.75, 3.05) is 13.2 Å². The average Bonchev–Trinajstić information content (AvgIpc) is 2.45. The zero-order valence-electron chi connectivity index (χ0n) is 11.6. The Kier molecular flexibility index (Phi) is 4.53. The molecule has 0 aromatic heterocycles.